The third kappa shape index (κ3) is 6.46. The lowest BCUT2D eigenvalue weighted by atomic mass is 10.1. The highest BCUT2D eigenvalue weighted by Gasteiger charge is 2.38. The number of aromatic nitrogens is 1. The highest BCUT2D eigenvalue weighted by atomic mass is 16.5. The van der Waals surface area contributed by atoms with Crippen molar-refractivity contribution in [3.05, 3.63) is 83.7 Å². The normalized spacial score (nSPS) is 19.8. The average Bonchev–Trinajstić information content (AvgIpc) is 3.35. The van der Waals surface area contributed by atoms with Crippen LogP contribution in [0.5, 0.6) is 17.2 Å². The lowest BCUT2D eigenvalue weighted by Crippen LogP contribution is -2.45. The number of carbonyl (C=O) groups excluding carboxylic acids is 3. The number of amides is 3. The molecule has 0 unspecified atom stereocenters. The van der Waals surface area contributed by atoms with Gasteiger partial charge in [-0.15, -0.1) is 0 Å². The topological polar surface area (TPSA) is 119 Å². The van der Waals surface area contributed by atoms with Crippen molar-refractivity contribution >= 4 is 17.7 Å². The Morgan fingerprint density at radius 3 is 2.62 bits per heavy atom. The number of nitrogens with one attached hydrogen (secondary N) is 2. The summed E-state index contributed by atoms with van der Waals surface area (Å²) in [7, 11) is 1.53. The number of benzene rings is 2. The molecule has 4 bridgehead atoms. The van der Waals surface area contributed by atoms with Crippen molar-refractivity contribution in [2.75, 3.05) is 26.8 Å². The fraction of sp³-hybridized carbons (Fsp3) is 0.310. The number of ether oxygens (including phenoxy) is 3. The van der Waals surface area contributed by atoms with Crippen LogP contribution in [0.1, 0.15) is 27.9 Å². The zero-order valence-corrected chi connectivity index (χ0v) is 21.6. The van der Waals surface area contributed by atoms with Gasteiger partial charge in [0.15, 0.2) is 18.1 Å². The predicted molar refractivity (Wildman–Crippen MR) is 142 cm³/mol. The van der Waals surface area contributed by atoms with Crippen LogP contribution in [-0.4, -0.2) is 66.6 Å². The van der Waals surface area contributed by atoms with E-state index in [0.29, 0.717) is 48.9 Å². The molecule has 10 heteroatoms. The summed E-state index contributed by atoms with van der Waals surface area (Å²) in [4.78, 5) is 44.2. The molecular weight excluding hydrogens is 500 g/mol. The number of nitrogens with zero attached hydrogens (tertiary/aromatic N) is 2. The van der Waals surface area contributed by atoms with Gasteiger partial charge >= 0.3 is 0 Å². The van der Waals surface area contributed by atoms with Crippen LogP contribution in [0.15, 0.2) is 67.0 Å². The number of hydrogen-bond acceptors (Lipinski definition) is 7. The van der Waals surface area contributed by atoms with E-state index >= 15 is 0 Å². The molecule has 0 spiro atoms. The minimum atomic E-state index is -0.441. The molecule has 1 fully saturated rings. The first-order valence-corrected chi connectivity index (χ1v) is 12.8. The van der Waals surface area contributed by atoms with E-state index in [1.165, 1.54) is 13.3 Å². The maximum absolute atomic E-state index is 13.1. The first kappa shape index (κ1) is 26.0. The summed E-state index contributed by atoms with van der Waals surface area (Å²) in [6, 6.07) is 15.8. The van der Waals surface area contributed by atoms with Gasteiger partial charge in [-0.3, -0.25) is 19.4 Å². The molecule has 0 radical (unpaired) electrons. The maximum atomic E-state index is 13.1. The average molecular weight is 531 g/mol. The van der Waals surface area contributed by atoms with Crippen LogP contribution in [0.2, 0.25) is 0 Å². The molecule has 0 aliphatic carbocycles. The predicted octanol–water partition coefficient (Wildman–Crippen LogP) is 2.12. The molecule has 3 amide bonds. The molecule has 3 aromatic rings. The highest BCUT2D eigenvalue weighted by Crippen LogP contribution is 2.29. The Labute approximate surface area is 226 Å². The number of likely N-dealkylation sites (tertiary alicyclic amines) is 1. The molecule has 6 rings (SSSR count). The molecule has 3 aliphatic heterocycles. The van der Waals surface area contributed by atoms with Gasteiger partial charge in [-0.2, -0.15) is 0 Å². The zero-order valence-electron chi connectivity index (χ0n) is 21.6. The SMILES string of the molecule is COc1ccc2cc1OCC(=O)NCc1ccc(cc1)O[C@H]1CN(C(=O)c3cccnc3)C[C@@H]1NC(=O)CC2. The number of hydrogen-bond donors (Lipinski definition) is 2. The van der Waals surface area contributed by atoms with Gasteiger partial charge in [0.2, 0.25) is 5.91 Å². The van der Waals surface area contributed by atoms with Gasteiger partial charge in [-0.1, -0.05) is 18.2 Å². The van der Waals surface area contributed by atoms with E-state index in [0.717, 1.165) is 11.1 Å². The third-order valence-electron chi connectivity index (χ3n) is 6.74. The second-order valence-corrected chi connectivity index (χ2v) is 9.48. The quantitative estimate of drug-likeness (QED) is 0.521. The van der Waals surface area contributed by atoms with Gasteiger partial charge in [-0.05, 0) is 53.9 Å². The smallest absolute Gasteiger partial charge is 0.258 e. The Hall–Kier alpha value is -4.60. The number of carbonyl (C=O) groups is 3. The van der Waals surface area contributed by atoms with E-state index in [1.807, 2.05) is 30.3 Å². The molecule has 3 aliphatic rings. The Kier molecular flexibility index (Phi) is 7.91. The molecule has 2 atom stereocenters. The van der Waals surface area contributed by atoms with Crippen LogP contribution < -0.4 is 24.8 Å². The minimum absolute atomic E-state index is 0.157. The van der Waals surface area contributed by atoms with E-state index < -0.39 is 12.1 Å². The van der Waals surface area contributed by atoms with Crippen LogP contribution >= 0.6 is 0 Å². The first-order valence-electron chi connectivity index (χ1n) is 12.8. The molecule has 39 heavy (non-hydrogen) atoms. The summed E-state index contributed by atoms with van der Waals surface area (Å²) >= 11 is 0. The molecule has 10 nitrogen and oxygen atoms in total. The van der Waals surface area contributed by atoms with Crippen LogP contribution in [0.4, 0.5) is 0 Å². The standard InChI is InChI=1S/C29H30N4O6/c1-37-24-10-6-19-7-11-27(34)32-23-16-33(29(36)21-3-2-12-30-15-21)17-26(23)39-22-8-4-20(5-9-22)14-31-28(35)18-38-25(24)13-19/h2-6,8-10,12-13,15,23,26H,7,11,14,16-18H2,1H3,(H,31,35)(H,32,34)/t23-,26-/m0/s1. The number of fused-ring (bicyclic) bond motifs is 9. The van der Waals surface area contributed by atoms with Crippen LogP contribution in [-0.2, 0) is 22.6 Å². The molecule has 4 heterocycles. The van der Waals surface area contributed by atoms with Gasteiger partial charge in [-0.25, -0.2) is 0 Å². The van der Waals surface area contributed by atoms with E-state index in [2.05, 4.69) is 15.6 Å². The molecular formula is C29H30N4O6. The van der Waals surface area contributed by atoms with Gasteiger partial charge < -0.3 is 29.7 Å². The summed E-state index contributed by atoms with van der Waals surface area (Å²) in [6.07, 6.45) is 3.38. The molecule has 202 valence electrons. The summed E-state index contributed by atoms with van der Waals surface area (Å²) in [6.45, 7) is 0.790. The van der Waals surface area contributed by atoms with Crippen molar-refractivity contribution in [1.29, 1.82) is 0 Å². The first-order chi connectivity index (χ1) is 19.0. The van der Waals surface area contributed by atoms with E-state index in [-0.39, 0.29) is 30.7 Å². The number of methoxy groups -OCH3 is 1. The monoisotopic (exact) mass is 530 g/mol. The lowest BCUT2D eigenvalue weighted by molar-refractivity contribution is -0.123. The Balaban J connectivity index is 1.38. The van der Waals surface area contributed by atoms with Gasteiger partial charge in [0.25, 0.3) is 11.8 Å². The third-order valence-corrected chi connectivity index (χ3v) is 6.74. The van der Waals surface area contributed by atoms with Crippen molar-refractivity contribution in [1.82, 2.24) is 20.5 Å². The lowest BCUT2D eigenvalue weighted by Gasteiger charge is -2.21. The summed E-state index contributed by atoms with van der Waals surface area (Å²) in [5.41, 5.74) is 2.23. The Morgan fingerprint density at radius 2 is 1.85 bits per heavy atom. The molecule has 2 N–H and O–H groups in total. The van der Waals surface area contributed by atoms with E-state index in [9.17, 15) is 14.4 Å². The summed E-state index contributed by atoms with van der Waals surface area (Å²) < 4.78 is 17.4. The van der Waals surface area contributed by atoms with Crippen LogP contribution in [0.25, 0.3) is 0 Å². The zero-order chi connectivity index (χ0) is 27.2. The molecule has 2 aromatic carbocycles. The Morgan fingerprint density at radius 1 is 1.03 bits per heavy atom. The summed E-state index contributed by atoms with van der Waals surface area (Å²) in [5.74, 6) is 0.944. The molecule has 1 saturated heterocycles. The van der Waals surface area contributed by atoms with Crippen molar-refractivity contribution in [2.45, 2.75) is 31.5 Å². The minimum Gasteiger partial charge on any atom is -0.493 e. The van der Waals surface area contributed by atoms with Gasteiger partial charge in [0, 0.05) is 31.9 Å². The molecule has 1 aromatic heterocycles. The fourth-order valence-electron chi connectivity index (χ4n) is 4.65. The highest BCUT2D eigenvalue weighted by molar-refractivity contribution is 5.94. The second kappa shape index (κ2) is 11.8. The van der Waals surface area contributed by atoms with Crippen LogP contribution in [0.3, 0.4) is 0 Å². The van der Waals surface area contributed by atoms with Gasteiger partial charge in [0.1, 0.15) is 11.9 Å². The molecule has 0 saturated carbocycles. The fourth-order valence-corrected chi connectivity index (χ4v) is 4.65. The summed E-state index contributed by atoms with van der Waals surface area (Å²) in [5, 5.41) is 5.92. The van der Waals surface area contributed by atoms with Crippen molar-refractivity contribution < 1.29 is 28.6 Å². The van der Waals surface area contributed by atoms with Crippen molar-refractivity contribution in [3.8, 4) is 17.2 Å². The number of pyridine rings is 1. The largest absolute Gasteiger partial charge is 0.493 e. The number of rotatable bonds is 2. The van der Waals surface area contributed by atoms with E-state index in [4.69, 9.17) is 14.2 Å². The number of aryl methyl sites for hydroxylation is 1. The Bertz CT molecular complexity index is 1330. The van der Waals surface area contributed by atoms with Crippen LogP contribution in [0, 0.1) is 0 Å². The van der Waals surface area contributed by atoms with Crippen molar-refractivity contribution in [2.24, 2.45) is 0 Å². The van der Waals surface area contributed by atoms with E-state index in [1.54, 1.807) is 35.4 Å². The second-order valence-electron chi connectivity index (χ2n) is 9.48. The maximum Gasteiger partial charge on any atom is 0.258 e. The van der Waals surface area contributed by atoms with Crippen molar-refractivity contribution in [3.63, 3.8) is 0 Å². The van der Waals surface area contributed by atoms with Gasteiger partial charge in [0.05, 0.1) is 25.3 Å².